The predicted molar refractivity (Wildman–Crippen MR) is 182 cm³/mol. The first kappa shape index (κ1) is 27.7. The summed E-state index contributed by atoms with van der Waals surface area (Å²) in [5.41, 5.74) is 18.1. The molecule has 6 rings (SSSR count). The number of hydrogen-bond acceptors (Lipinski definition) is 0. The minimum atomic E-state index is -2.05. The molecule has 0 atom stereocenters. The molecule has 2 aliphatic carbocycles. The molecule has 0 saturated carbocycles. The number of hydrogen-bond donors (Lipinski definition) is 0. The van der Waals surface area contributed by atoms with Crippen molar-refractivity contribution in [2.75, 3.05) is 0 Å². The molecule has 4 aromatic carbocycles. The van der Waals surface area contributed by atoms with Gasteiger partial charge in [-0.1, -0.05) is 134 Å². The normalized spacial score (nSPS) is 14.4. The van der Waals surface area contributed by atoms with E-state index in [1.165, 1.54) is 66.8 Å². The zero-order valence-corrected chi connectivity index (χ0v) is 27.2. The third-order valence-electron chi connectivity index (χ3n) is 10.0. The minimum absolute atomic E-state index is 0.622. The van der Waals surface area contributed by atoms with Gasteiger partial charge in [-0.15, -0.1) is 0 Å². The minimum Gasteiger partial charge on any atom is -0.0704 e. The third kappa shape index (κ3) is 4.50. The molecule has 0 N–H and O–H groups in total. The zero-order chi connectivity index (χ0) is 29.1. The van der Waals surface area contributed by atoms with Crippen molar-refractivity contribution in [2.45, 2.75) is 79.3 Å². The fourth-order valence-corrected chi connectivity index (χ4v) is 14.6. The largest absolute Gasteiger partial charge is 0.114 e. The van der Waals surface area contributed by atoms with Gasteiger partial charge in [-0.25, -0.2) is 0 Å². The molecule has 0 nitrogen and oxygen atoms in total. The summed E-state index contributed by atoms with van der Waals surface area (Å²) < 4.78 is 0. The summed E-state index contributed by atoms with van der Waals surface area (Å²) in [7, 11) is -2.05. The fourth-order valence-electron chi connectivity index (χ4n) is 8.15. The average Bonchev–Trinajstić information content (AvgIpc) is 3.56. The van der Waals surface area contributed by atoms with Crippen molar-refractivity contribution in [2.24, 2.45) is 0 Å². The Balaban J connectivity index is 1.51. The highest BCUT2D eigenvalue weighted by Crippen LogP contribution is 2.52. The second kappa shape index (κ2) is 10.4. The van der Waals surface area contributed by atoms with Crippen molar-refractivity contribution in [1.82, 2.24) is 0 Å². The summed E-state index contributed by atoms with van der Waals surface area (Å²) in [6.45, 7) is 19.0. The van der Waals surface area contributed by atoms with Gasteiger partial charge in [0.05, 0.1) is 0 Å². The van der Waals surface area contributed by atoms with Crippen LogP contribution in [0.25, 0.3) is 34.4 Å². The van der Waals surface area contributed by atoms with Crippen LogP contribution in [0.3, 0.4) is 0 Å². The van der Waals surface area contributed by atoms with Crippen LogP contribution in [0.4, 0.5) is 0 Å². The summed E-state index contributed by atoms with van der Waals surface area (Å²) in [4.78, 5) is 0. The molecule has 0 amide bonds. The highest BCUT2D eigenvalue weighted by atomic mass is 28.3. The van der Waals surface area contributed by atoms with Gasteiger partial charge in [0, 0.05) is 0 Å². The molecule has 0 spiro atoms. The van der Waals surface area contributed by atoms with Gasteiger partial charge in [-0.3, -0.25) is 0 Å². The van der Waals surface area contributed by atoms with E-state index in [0.717, 1.165) is 12.8 Å². The Hall–Kier alpha value is -3.42. The van der Waals surface area contributed by atoms with Gasteiger partial charge in [0.1, 0.15) is 8.07 Å². The van der Waals surface area contributed by atoms with E-state index in [9.17, 15) is 0 Å². The highest BCUT2D eigenvalue weighted by molar-refractivity contribution is 6.96. The maximum atomic E-state index is 2.65. The first-order valence-electron chi connectivity index (χ1n) is 15.4. The van der Waals surface area contributed by atoms with Crippen molar-refractivity contribution >= 4 is 20.2 Å². The van der Waals surface area contributed by atoms with E-state index in [4.69, 9.17) is 0 Å². The number of rotatable bonds is 6. The van der Waals surface area contributed by atoms with Crippen LogP contribution in [0.15, 0.2) is 83.2 Å². The Morgan fingerprint density at radius 2 is 0.927 bits per heavy atom. The Labute approximate surface area is 248 Å². The summed E-state index contributed by atoms with van der Waals surface area (Å²) in [6.07, 6.45) is 7.48. The van der Waals surface area contributed by atoms with Crippen molar-refractivity contribution in [3.63, 3.8) is 0 Å². The molecule has 2 aliphatic rings. The summed E-state index contributed by atoms with van der Waals surface area (Å²) >= 11 is 0. The molecule has 0 saturated heterocycles. The topological polar surface area (TPSA) is 0 Å². The quantitative estimate of drug-likeness (QED) is 0.209. The van der Waals surface area contributed by atoms with Crippen LogP contribution in [0.2, 0.25) is 11.1 Å². The van der Waals surface area contributed by atoms with Crippen molar-refractivity contribution < 1.29 is 0 Å². The van der Waals surface area contributed by atoms with E-state index in [1.54, 1.807) is 10.4 Å². The van der Waals surface area contributed by atoms with Gasteiger partial charge in [0.25, 0.3) is 0 Å². The third-order valence-corrected chi connectivity index (χ3v) is 16.5. The summed E-state index contributed by atoms with van der Waals surface area (Å²) in [5.74, 6) is 0. The molecule has 0 aliphatic heterocycles. The molecular weight excluding hydrogens is 509 g/mol. The second-order valence-electron chi connectivity index (χ2n) is 13.3. The molecule has 0 bridgehead atoms. The SMILES string of the molecule is Cc1ccc(C)c(-c2cccc3c2C=C([Si](C2=Cc4c(cccc4-c4cc(C)ccc4C)C2)(C(C)C)C(C)C)C3)c1. The van der Waals surface area contributed by atoms with Gasteiger partial charge in [-0.2, -0.15) is 0 Å². The van der Waals surface area contributed by atoms with E-state index in [0.29, 0.717) is 11.1 Å². The Morgan fingerprint density at radius 3 is 1.32 bits per heavy atom. The number of aryl methyl sites for hydroxylation is 4. The molecule has 0 unspecified atom stereocenters. The van der Waals surface area contributed by atoms with Gasteiger partial charge >= 0.3 is 0 Å². The van der Waals surface area contributed by atoms with Crippen LogP contribution < -0.4 is 0 Å². The smallest absolute Gasteiger partial charge is 0.0704 e. The zero-order valence-electron chi connectivity index (χ0n) is 26.2. The number of allylic oxidation sites excluding steroid dienone is 2. The Bertz CT molecular complexity index is 1600. The van der Waals surface area contributed by atoms with Crippen LogP contribution in [0.5, 0.6) is 0 Å². The first-order chi connectivity index (χ1) is 19.6. The molecule has 0 heterocycles. The van der Waals surface area contributed by atoms with E-state index in [-0.39, 0.29) is 0 Å². The van der Waals surface area contributed by atoms with Crippen LogP contribution in [-0.4, -0.2) is 8.07 Å². The van der Waals surface area contributed by atoms with E-state index >= 15 is 0 Å². The molecular formula is C40H44Si. The summed E-state index contributed by atoms with van der Waals surface area (Å²) in [5, 5.41) is 3.45. The molecule has 41 heavy (non-hydrogen) atoms. The van der Waals surface area contributed by atoms with Gasteiger partial charge < -0.3 is 0 Å². The maximum absolute atomic E-state index is 2.65. The first-order valence-corrected chi connectivity index (χ1v) is 17.6. The molecule has 208 valence electrons. The lowest BCUT2D eigenvalue weighted by atomic mass is 9.93. The van der Waals surface area contributed by atoms with E-state index in [2.05, 4.69) is 140 Å². The molecule has 0 fully saturated rings. The Morgan fingerprint density at radius 1 is 0.512 bits per heavy atom. The van der Waals surface area contributed by atoms with Crippen LogP contribution >= 0.6 is 0 Å². The highest BCUT2D eigenvalue weighted by Gasteiger charge is 2.48. The van der Waals surface area contributed by atoms with Crippen LogP contribution in [0, 0.1) is 27.7 Å². The molecule has 1 heteroatoms. The van der Waals surface area contributed by atoms with E-state index in [1.807, 2.05) is 0 Å². The number of fused-ring (bicyclic) bond motifs is 2. The molecule has 0 aromatic heterocycles. The van der Waals surface area contributed by atoms with Crippen LogP contribution in [0.1, 0.15) is 72.2 Å². The van der Waals surface area contributed by atoms with Gasteiger partial charge in [0.15, 0.2) is 0 Å². The molecule has 4 aromatic rings. The lowest BCUT2D eigenvalue weighted by Crippen LogP contribution is -2.46. The van der Waals surface area contributed by atoms with Crippen molar-refractivity contribution in [3.8, 4) is 22.3 Å². The second-order valence-corrected chi connectivity index (χ2v) is 18.6. The fraction of sp³-hybridized carbons (Fsp3) is 0.300. The van der Waals surface area contributed by atoms with Gasteiger partial charge in [0.2, 0.25) is 0 Å². The van der Waals surface area contributed by atoms with Crippen molar-refractivity contribution in [3.05, 3.63) is 128 Å². The average molecular weight is 553 g/mol. The summed E-state index contributed by atoms with van der Waals surface area (Å²) in [6, 6.07) is 27.8. The van der Waals surface area contributed by atoms with Gasteiger partial charge in [-0.05, 0) is 107 Å². The predicted octanol–water partition coefficient (Wildman–Crippen LogP) is 11.2. The standard InChI is InChI=1S/C40H44Si/c1-25(2)41(26(3)4,33-21-31-11-9-13-35(39(31)23-33)37-19-27(5)15-17-29(37)7)34-22-32-12-10-14-36(40(32)24-34)38-20-28(6)16-18-30(38)8/h9-20,23-26H,21-22H2,1-8H3. The van der Waals surface area contributed by atoms with E-state index < -0.39 is 8.07 Å². The van der Waals surface area contributed by atoms with Crippen molar-refractivity contribution in [1.29, 1.82) is 0 Å². The van der Waals surface area contributed by atoms with Crippen LogP contribution in [-0.2, 0) is 12.8 Å². The number of benzene rings is 4. The lowest BCUT2D eigenvalue weighted by Gasteiger charge is -2.42. The maximum Gasteiger partial charge on any atom is 0.114 e. The lowest BCUT2D eigenvalue weighted by molar-refractivity contribution is 0.896. The Kier molecular flexibility index (Phi) is 7.06. The monoisotopic (exact) mass is 552 g/mol. The molecule has 0 radical (unpaired) electrons.